The second kappa shape index (κ2) is 11.1. The van der Waals surface area contributed by atoms with Gasteiger partial charge in [0.15, 0.2) is 0 Å². The van der Waals surface area contributed by atoms with Gasteiger partial charge in [-0.2, -0.15) is 0 Å². The summed E-state index contributed by atoms with van der Waals surface area (Å²) < 4.78 is 2.14. The van der Waals surface area contributed by atoms with Crippen LogP contribution in [0.15, 0.2) is 77.9 Å². The first-order valence-electron chi connectivity index (χ1n) is 9.76. The molecule has 9 heteroatoms. The third-order valence-electron chi connectivity index (χ3n) is 4.38. The van der Waals surface area contributed by atoms with Gasteiger partial charge >= 0.3 is 156 Å². The molecule has 1 amide bonds. The van der Waals surface area contributed by atoms with Crippen molar-refractivity contribution < 1.29 is 9.72 Å². The van der Waals surface area contributed by atoms with Crippen molar-refractivity contribution in [2.45, 2.75) is 0 Å². The minimum atomic E-state index is -0.406. The number of rotatable bonds is 9. The van der Waals surface area contributed by atoms with E-state index >= 15 is 0 Å². The van der Waals surface area contributed by atoms with Crippen LogP contribution in [0.2, 0.25) is 0 Å². The summed E-state index contributed by atoms with van der Waals surface area (Å²) in [6.07, 6.45) is 1.67. The number of hydrazone groups is 1. The van der Waals surface area contributed by atoms with Gasteiger partial charge in [-0.25, -0.2) is 0 Å². The molecule has 0 radical (unpaired) electrons. The van der Waals surface area contributed by atoms with Crippen molar-refractivity contribution in [2.75, 3.05) is 30.9 Å². The standard InChI is InChI=1S/C23H23N5O3Se/c1-27(2)19-7-3-17(4-8-19)15-24-25-16-23(29)26-18-5-11-21(12-6-18)32-22-13-9-20(10-14-22)28(30)31/h3-15,25H,16H2,1-2H3,(H,26,29)/b24-15+. The number of anilines is 2. The maximum absolute atomic E-state index is 12.1. The number of carbonyl (C=O) groups is 1. The number of nitro groups is 1. The summed E-state index contributed by atoms with van der Waals surface area (Å²) in [6, 6.07) is 22.1. The minimum absolute atomic E-state index is 0.0265. The first kappa shape index (κ1) is 23.0. The minimum Gasteiger partial charge on any atom is -0.0381 e. The summed E-state index contributed by atoms with van der Waals surface area (Å²) in [5, 5.41) is 17.6. The van der Waals surface area contributed by atoms with Gasteiger partial charge in [-0.1, -0.05) is 0 Å². The maximum atomic E-state index is 12.1. The normalized spacial score (nSPS) is 10.7. The number of carbonyl (C=O) groups excluding carboxylic acids is 1. The van der Waals surface area contributed by atoms with Gasteiger partial charge in [-0.05, 0) is 12.1 Å². The van der Waals surface area contributed by atoms with Crippen LogP contribution in [-0.4, -0.2) is 52.6 Å². The predicted molar refractivity (Wildman–Crippen MR) is 130 cm³/mol. The number of nitro benzene ring substituents is 1. The van der Waals surface area contributed by atoms with Crippen LogP contribution in [0.1, 0.15) is 5.56 Å². The van der Waals surface area contributed by atoms with E-state index in [1.807, 2.05) is 67.5 Å². The zero-order valence-corrected chi connectivity index (χ0v) is 19.4. The molecule has 3 aromatic carbocycles. The van der Waals surface area contributed by atoms with Crippen molar-refractivity contribution in [1.82, 2.24) is 5.43 Å². The quantitative estimate of drug-likeness (QED) is 0.204. The predicted octanol–water partition coefficient (Wildman–Crippen LogP) is 1.88. The fourth-order valence-electron chi connectivity index (χ4n) is 2.68. The summed E-state index contributed by atoms with van der Waals surface area (Å²) in [7, 11) is 3.97. The van der Waals surface area contributed by atoms with Crippen molar-refractivity contribution in [3.8, 4) is 0 Å². The molecule has 32 heavy (non-hydrogen) atoms. The summed E-state index contributed by atoms with van der Waals surface area (Å²) in [5.41, 5.74) is 5.58. The second-order valence-electron chi connectivity index (χ2n) is 7.00. The van der Waals surface area contributed by atoms with E-state index in [1.165, 1.54) is 12.1 Å². The van der Waals surface area contributed by atoms with Gasteiger partial charge in [0.2, 0.25) is 0 Å². The van der Waals surface area contributed by atoms with E-state index in [4.69, 9.17) is 0 Å². The van der Waals surface area contributed by atoms with Crippen molar-refractivity contribution in [3.05, 3.63) is 88.5 Å². The number of nitrogens with zero attached hydrogens (tertiary/aromatic N) is 3. The zero-order chi connectivity index (χ0) is 22.9. The third-order valence-corrected chi connectivity index (χ3v) is 6.51. The Hall–Kier alpha value is -3.68. The Kier molecular flexibility index (Phi) is 7.96. The Balaban J connectivity index is 1.44. The van der Waals surface area contributed by atoms with Gasteiger partial charge < -0.3 is 4.90 Å². The molecular formula is C23H23N5O3Se. The molecule has 0 aliphatic heterocycles. The van der Waals surface area contributed by atoms with Crippen LogP contribution < -0.4 is 24.6 Å². The Bertz CT molecular complexity index is 1080. The Morgan fingerprint density at radius 1 is 1.00 bits per heavy atom. The molecule has 0 aromatic heterocycles. The number of amides is 1. The molecule has 164 valence electrons. The van der Waals surface area contributed by atoms with Crippen molar-refractivity contribution >= 4 is 53.1 Å². The van der Waals surface area contributed by atoms with E-state index in [0.717, 1.165) is 20.2 Å². The van der Waals surface area contributed by atoms with Crippen LogP contribution in [0.5, 0.6) is 0 Å². The average Bonchev–Trinajstić information content (AvgIpc) is 2.79. The van der Waals surface area contributed by atoms with E-state index in [9.17, 15) is 14.9 Å². The number of benzene rings is 3. The molecule has 0 saturated carbocycles. The summed E-state index contributed by atoms with van der Waals surface area (Å²) >= 11 is 0.0265. The second-order valence-corrected chi connectivity index (χ2v) is 9.41. The third kappa shape index (κ3) is 6.94. The average molecular weight is 496 g/mol. The summed E-state index contributed by atoms with van der Waals surface area (Å²) in [4.78, 5) is 24.5. The Labute approximate surface area is 192 Å². The van der Waals surface area contributed by atoms with E-state index in [-0.39, 0.29) is 33.1 Å². The molecule has 0 aliphatic carbocycles. The van der Waals surface area contributed by atoms with Crippen LogP contribution in [0, 0.1) is 10.1 Å². The molecule has 0 fully saturated rings. The molecule has 8 nitrogen and oxygen atoms in total. The molecule has 0 aliphatic rings. The van der Waals surface area contributed by atoms with E-state index in [1.54, 1.807) is 18.3 Å². The molecule has 3 aromatic rings. The topological polar surface area (TPSA) is 99.9 Å². The monoisotopic (exact) mass is 497 g/mol. The Morgan fingerprint density at radius 3 is 2.16 bits per heavy atom. The smallest absolute Gasteiger partial charge is 0.0381 e. The van der Waals surface area contributed by atoms with Crippen molar-refractivity contribution in [2.24, 2.45) is 5.10 Å². The fraction of sp³-hybridized carbons (Fsp3) is 0.130. The molecule has 3 rings (SSSR count). The van der Waals surface area contributed by atoms with Crippen molar-refractivity contribution in [3.63, 3.8) is 0 Å². The van der Waals surface area contributed by atoms with Crippen LogP contribution in [0.25, 0.3) is 0 Å². The fourth-order valence-corrected chi connectivity index (χ4v) is 4.39. The SMILES string of the molecule is CN(C)c1ccc(/C=N/NCC(=O)Nc2ccc([Se]c3ccc([N+](=O)[O-])cc3)cc2)cc1. The summed E-state index contributed by atoms with van der Waals surface area (Å²) in [6.45, 7) is 0.0563. The molecule has 0 bridgehead atoms. The van der Waals surface area contributed by atoms with Gasteiger partial charge in [-0.3, -0.25) is 0 Å². The molecule has 0 heterocycles. The number of nitrogens with one attached hydrogen (secondary N) is 2. The van der Waals surface area contributed by atoms with Crippen LogP contribution in [0.4, 0.5) is 17.1 Å². The van der Waals surface area contributed by atoms with Gasteiger partial charge in [0.25, 0.3) is 0 Å². The van der Waals surface area contributed by atoms with Gasteiger partial charge in [-0.15, -0.1) is 0 Å². The Morgan fingerprint density at radius 2 is 1.59 bits per heavy atom. The first-order valence-corrected chi connectivity index (χ1v) is 11.5. The molecule has 0 saturated heterocycles. The van der Waals surface area contributed by atoms with Crippen LogP contribution >= 0.6 is 0 Å². The van der Waals surface area contributed by atoms with E-state index < -0.39 is 4.92 Å². The molecule has 0 unspecified atom stereocenters. The molecule has 2 N–H and O–H groups in total. The molecular weight excluding hydrogens is 473 g/mol. The van der Waals surface area contributed by atoms with E-state index in [2.05, 4.69) is 15.8 Å². The molecule has 0 atom stereocenters. The van der Waals surface area contributed by atoms with Crippen LogP contribution in [-0.2, 0) is 4.79 Å². The number of hydrogen-bond acceptors (Lipinski definition) is 6. The zero-order valence-electron chi connectivity index (χ0n) is 17.7. The van der Waals surface area contributed by atoms with Gasteiger partial charge in [0.05, 0.1) is 0 Å². The first-order chi connectivity index (χ1) is 15.4. The van der Waals surface area contributed by atoms with E-state index in [0.29, 0.717) is 5.69 Å². The van der Waals surface area contributed by atoms with Crippen molar-refractivity contribution in [1.29, 1.82) is 0 Å². The number of non-ortho nitro benzene ring substituents is 1. The van der Waals surface area contributed by atoms with Crippen LogP contribution in [0.3, 0.4) is 0 Å². The molecule has 0 spiro atoms. The van der Waals surface area contributed by atoms with Gasteiger partial charge in [0, 0.05) is 19.8 Å². The summed E-state index contributed by atoms with van der Waals surface area (Å²) in [5.74, 6) is -0.196. The van der Waals surface area contributed by atoms with Gasteiger partial charge in [0.1, 0.15) is 0 Å². The number of hydrogen-bond donors (Lipinski definition) is 2.